The van der Waals surface area contributed by atoms with Crippen molar-refractivity contribution in [3.05, 3.63) is 62.6 Å². The molecule has 8 heteroatoms. The number of carbonyl (C=O) groups excluding carboxylic acids is 1. The van der Waals surface area contributed by atoms with Gasteiger partial charge in [0.25, 0.3) is 11.6 Å². The van der Waals surface area contributed by atoms with E-state index in [1.165, 1.54) is 12.1 Å². The molecule has 0 saturated carbocycles. The number of hydrogen-bond donors (Lipinski definition) is 3. The fraction of sp³-hybridized carbons (Fsp3) is 0. The van der Waals surface area contributed by atoms with Crippen molar-refractivity contribution in [2.75, 3.05) is 10.7 Å². The van der Waals surface area contributed by atoms with Crippen LogP contribution < -0.4 is 16.6 Å². The number of benzene rings is 2. The van der Waals surface area contributed by atoms with E-state index in [1.54, 1.807) is 30.3 Å². The molecule has 0 unspecified atom stereocenters. The molecule has 21 heavy (non-hydrogen) atoms. The normalized spacial score (nSPS) is 10.0. The van der Waals surface area contributed by atoms with Crippen LogP contribution in [0.4, 0.5) is 17.1 Å². The highest BCUT2D eigenvalue weighted by molar-refractivity contribution is 9.10. The second kappa shape index (κ2) is 6.33. The molecule has 0 aliphatic carbocycles. The van der Waals surface area contributed by atoms with E-state index >= 15 is 0 Å². The molecule has 2 rings (SSSR count). The molecule has 0 aliphatic rings. The number of halogens is 1. The van der Waals surface area contributed by atoms with Gasteiger partial charge in [-0.3, -0.25) is 20.8 Å². The summed E-state index contributed by atoms with van der Waals surface area (Å²) in [4.78, 5) is 22.5. The number of nitrogens with two attached hydrogens (primary N) is 1. The van der Waals surface area contributed by atoms with Gasteiger partial charge in [-0.1, -0.05) is 12.1 Å². The number of nitro groups is 1. The van der Waals surface area contributed by atoms with Gasteiger partial charge in [-0.05, 0) is 40.2 Å². The molecular weight excluding hydrogens is 340 g/mol. The van der Waals surface area contributed by atoms with Crippen molar-refractivity contribution in [1.29, 1.82) is 0 Å². The van der Waals surface area contributed by atoms with Crippen molar-refractivity contribution in [3.63, 3.8) is 0 Å². The van der Waals surface area contributed by atoms with Crippen LogP contribution in [0, 0.1) is 10.1 Å². The highest BCUT2D eigenvalue weighted by Crippen LogP contribution is 2.28. The number of nitrogens with zero attached hydrogens (tertiary/aromatic N) is 1. The summed E-state index contributed by atoms with van der Waals surface area (Å²) >= 11 is 3.08. The van der Waals surface area contributed by atoms with Crippen LogP contribution in [0.3, 0.4) is 0 Å². The number of nitrogen functional groups attached to an aromatic ring is 1. The lowest BCUT2D eigenvalue weighted by Crippen LogP contribution is -2.17. The summed E-state index contributed by atoms with van der Waals surface area (Å²) in [5, 5.41) is 13.5. The van der Waals surface area contributed by atoms with E-state index in [9.17, 15) is 14.9 Å². The Hall–Kier alpha value is -2.45. The number of anilines is 2. The van der Waals surface area contributed by atoms with Crippen LogP contribution >= 0.6 is 15.9 Å². The van der Waals surface area contributed by atoms with Gasteiger partial charge in [0.15, 0.2) is 0 Å². The van der Waals surface area contributed by atoms with Crippen molar-refractivity contribution in [1.82, 2.24) is 0 Å². The molecule has 0 heterocycles. The van der Waals surface area contributed by atoms with Gasteiger partial charge in [0.2, 0.25) is 0 Å². The molecule has 7 nitrogen and oxygen atoms in total. The number of nitrogens with one attached hydrogen (secondary N) is 2. The molecule has 1 amide bonds. The summed E-state index contributed by atoms with van der Waals surface area (Å²) in [7, 11) is 0. The highest BCUT2D eigenvalue weighted by Gasteiger charge is 2.15. The lowest BCUT2D eigenvalue weighted by molar-refractivity contribution is -0.385. The maximum Gasteiger partial charge on any atom is 0.285 e. The van der Waals surface area contributed by atoms with Crippen molar-refractivity contribution in [2.24, 2.45) is 5.84 Å². The predicted molar refractivity (Wildman–Crippen MR) is 83.0 cm³/mol. The Morgan fingerprint density at radius 3 is 2.62 bits per heavy atom. The summed E-state index contributed by atoms with van der Waals surface area (Å²) in [5.41, 5.74) is 3.42. The summed E-state index contributed by atoms with van der Waals surface area (Å²) in [5.74, 6) is 4.92. The minimum absolute atomic E-state index is 0.127. The van der Waals surface area contributed by atoms with Gasteiger partial charge in [0.1, 0.15) is 0 Å². The smallest absolute Gasteiger partial charge is 0.285 e. The van der Waals surface area contributed by atoms with E-state index in [-0.39, 0.29) is 5.69 Å². The zero-order valence-electron chi connectivity index (χ0n) is 10.7. The Bertz CT molecular complexity index is 706. The van der Waals surface area contributed by atoms with Gasteiger partial charge in [-0.2, -0.15) is 0 Å². The topological polar surface area (TPSA) is 110 Å². The molecule has 108 valence electrons. The maximum atomic E-state index is 12.2. The molecule has 4 N–H and O–H groups in total. The van der Waals surface area contributed by atoms with Gasteiger partial charge in [-0.25, -0.2) is 0 Å². The molecule has 0 radical (unpaired) electrons. The molecule has 2 aromatic rings. The van der Waals surface area contributed by atoms with Crippen LogP contribution in [-0.4, -0.2) is 10.8 Å². The van der Waals surface area contributed by atoms with Crippen LogP contribution in [0.2, 0.25) is 0 Å². The second-order valence-corrected chi connectivity index (χ2v) is 4.92. The number of para-hydroxylation sites is 1. The lowest BCUT2D eigenvalue weighted by Gasteiger charge is -2.09. The third-order valence-corrected chi connectivity index (χ3v) is 3.40. The van der Waals surface area contributed by atoms with Gasteiger partial charge < -0.3 is 10.7 Å². The first-order valence-corrected chi connectivity index (χ1v) is 6.63. The zero-order chi connectivity index (χ0) is 15.4. The zero-order valence-corrected chi connectivity index (χ0v) is 12.3. The number of hydrazine groups is 1. The first kappa shape index (κ1) is 14.9. The average Bonchev–Trinajstić information content (AvgIpc) is 2.48. The fourth-order valence-electron chi connectivity index (χ4n) is 1.74. The summed E-state index contributed by atoms with van der Waals surface area (Å²) in [6, 6.07) is 11.0. The number of rotatable bonds is 4. The van der Waals surface area contributed by atoms with E-state index in [4.69, 9.17) is 5.84 Å². The molecule has 0 saturated heterocycles. The van der Waals surface area contributed by atoms with Crippen molar-refractivity contribution in [2.45, 2.75) is 0 Å². The molecule has 0 aromatic heterocycles. The first-order valence-electron chi connectivity index (χ1n) is 5.84. The van der Waals surface area contributed by atoms with Gasteiger partial charge in [-0.15, -0.1) is 0 Å². The van der Waals surface area contributed by atoms with Gasteiger partial charge in [0.05, 0.1) is 20.6 Å². The van der Waals surface area contributed by atoms with E-state index in [1.807, 2.05) is 0 Å². The SMILES string of the molecule is NNc1ccccc1C(=O)Nc1ccc(Br)c([N+](=O)[O-])c1. The minimum Gasteiger partial charge on any atom is -0.323 e. The highest BCUT2D eigenvalue weighted by atomic mass is 79.9. The molecule has 2 aromatic carbocycles. The van der Waals surface area contributed by atoms with Crippen LogP contribution in [0.5, 0.6) is 0 Å². The van der Waals surface area contributed by atoms with E-state index in [0.717, 1.165) is 0 Å². The summed E-state index contributed by atoms with van der Waals surface area (Å²) in [6.45, 7) is 0. The predicted octanol–water partition coefficient (Wildman–Crippen LogP) is 2.90. The molecule has 0 atom stereocenters. The Morgan fingerprint density at radius 1 is 1.24 bits per heavy atom. The molecule has 0 fully saturated rings. The summed E-state index contributed by atoms with van der Waals surface area (Å²) < 4.78 is 0.342. The van der Waals surface area contributed by atoms with E-state index in [2.05, 4.69) is 26.7 Å². The largest absolute Gasteiger partial charge is 0.323 e. The average molecular weight is 351 g/mol. The minimum atomic E-state index is -0.533. The Labute approximate surface area is 128 Å². The number of hydrogen-bond acceptors (Lipinski definition) is 5. The second-order valence-electron chi connectivity index (χ2n) is 4.07. The van der Waals surface area contributed by atoms with E-state index < -0.39 is 10.8 Å². The maximum absolute atomic E-state index is 12.2. The third-order valence-electron chi connectivity index (χ3n) is 2.73. The Morgan fingerprint density at radius 2 is 1.95 bits per heavy atom. The van der Waals surface area contributed by atoms with Crippen molar-refractivity contribution < 1.29 is 9.72 Å². The fourth-order valence-corrected chi connectivity index (χ4v) is 2.13. The Balaban J connectivity index is 2.28. The molecule has 0 bridgehead atoms. The van der Waals surface area contributed by atoms with Crippen LogP contribution in [0.1, 0.15) is 10.4 Å². The summed E-state index contributed by atoms with van der Waals surface area (Å²) in [6.07, 6.45) is 0. The van der Waals surface area contributed by atoms with Crippen LogP contribution in [0.15, 0.2) is 46.9 Å². The van der Waals surface area contributed by atoms with Gasteiger partial charge >= 0.3 is 0 Å². The monoisotopic (exact) mass is 350 g/mol. The van der Waals surface area contributed by atoms with Crippen molar-refractivity contribution >= 4 is 38.9 Å². The van der Waals surface area contributed by atoms with E-state index in [0.29, 0.717) is 21.4 Å². The van der Waals surface area contributed by atoms with Crippen LogP contribution in [-0.2, 0) is 0 Å². The van der Waals surface area contributed by atoms with Crippen molar-refractivity contribution in [3.8, 4) is 0 Å². The first-order chi connectivity index (χ1) is 10.0. The molecule has 0 aliphatic heterocycles. The lowest BCUT2D eigenvalue weighted by atomic mass is 10.1. The number of amides is 1. The Kier molecular flexibility index (Phi) is 4.51. The molecule has 0 spiro atoms. The number of nitro benzene ring substituents is 1. The third kappa shape index (κ3) is 3.36. The van der Waals surface area contributed by atoms with Crippen LogP contribution in [0.25, 0.3) is 0 Å². The molecular formula is C13H11BrN4O3. The number of carbonyl (C=O) groups is 1. The quantitative estimate of drug-likeness (QED) is 0.446. The standard InChI is InChI=1S/C13H11BrN4O3/c14-10-6-5-8(7-12(10)18(20)21)16-13(19)9-3-1-2-4-11(9)17-15/h1-7,17H,15H2,(H,16,19). The van der Waals surface area contributed by atoms with Gasteiger partial charge in [0, 0.05) is 11.8 Å².